The summed E-state index contributed by atoms with van der Waals surface area (Å²) in [6.07, 6.45) is 5.73. The van der Waals surface area contributed by atoms with Gasteiger partial charge in [-0.1, -0.05) is 352 Å². The van der Waals surface area contributed by atoms with Crippen LogP contribution < -0.4 is 0 Å². The Balaban J connectivity index is 0.000000190. The van der Waals surface area contributed by atoms with Gasteiger partial charge in [-0.15, -0.1) is 47.5 Å². The van der Waals surface area contributed by atoms with Gasteiger partial charge >= 0.3 is 0 Å². The first-order chi connectivity index (χ1) is 59.4. The van der Waals surface area contributed by atoms with Gasteiger partial charge in [0.25, 0.3) is 0 Å². The minimum atomic E-state index is -0.301. The van der Waals surface area contributed by atoms with Crippen molar-refractivity contribution in [3.05, 3.63) is 385 Å². The molecule has 0 aliphatic rings. The smallest absolute Gasteiger partial charge is 0.148 e. The molecule has 10 heteroatoms. The number of pyridine rings is 2. The van der Waals surface area contributed by atoms with Crippen molar-refractivity contribution in [3.8, 4) is 157 Å². The minimum Gasteiger partial charge on any atom is -0.507 e. The summed E-state index contributed by atoms with van der Waals surface area (Å²) >= 11 is 0. The van der Waals surface area contributed by atoms with Crippen molar-refractivity contribution in [2.75, 3.05) is 0 Å². The number of hydrogen-bond donors (Lipinski definition) is 2. The van der Waals surface area contributed by atoms with E-state index in [1.165, 1.54) is 11.1 Å². The van der Waals surface area contributed by atoms with E-state index in [2.05, 4.69) is 415 Å². The average Bonchev–Trinajstić information content (AvgIpc) is 1.55. The molecule has 4 heterocycles. The molecule has 0 fully saturated rings. The number of aromatic nitrogens is 6. The van der Waals surface area contributed by atoms with Crippen LogP contribution in [0.5, 0.6) is 11.5 Å². The van der Waals surface area contributed by atoms with Crippen molar-refractivity contribution in [1.82, 2.24) is 29.1 Å². The van der Waals surface area contributed by atoms with E-state index in [4.69, 9.17) is 19.9 Å². The molecule has 8 nitrogen and oxygen atoms in total. The van der Waals surface area contributed by atoms with Crippen molar-refractivity contribution in [2.24, 2.45) is 5.92 Å². The number of nitrogens with zero attached hydrogens (tertiary/aromatic N) is 6. The maximum atomic E-state index is 12.3. The third-order valence-electron chi connectivity index (χ3n) is 23.8. The molecule has 626 valence electrons. The van der Waals surface area contributed by atoms with E-state index in [0.717, 1.165) is 180 Å². The van der Waals surface area contributed by atoms with Crippen LogP contribution >= 0.6 is 0 Å². The molecule has 0 radical (unpaired) electrons. The van der Waals surface area contributed by atoms with Crippen LogP contribution in [0.2, 0.25) is 0 Å². The Kier molecular flexibility index (Phi) is 25.5. The van der Waals surface area contributed by atoms with Gasteiger partial charge in [-0.05, 0) is 176 Å². The molecule has 0 amide bonds. The van der Waals surface area contributed by atoms with Gasteiger partial charge in [0.15, 0.2) is 0 Å². The van der Waals surface area contributed by atoms with Gasteiger partial charge in [0.1, 0.15) is 23.1 Å². The van der Waals surface area contributed by atoms with Gasteiger partial charge in [0.2, 0.25) is 0 Å². The Morgan fingerprint density at radius 1 is 0.336 bits per heavy atom. The predicted octanol–water partition coefficient (Wildman–Crippen LogP) is 29.9. The van der Waals surface area contributed by atoms with Crippen molar-refractivity contribution in [3.63, 3.8) is 0 Å². The van der Waals surface area contributed by atoms with Gasteiger partial charge in [0.05, 0.1) is 44.6 Å². The zero-order valence-electron chi connectivity index (χ0n) is 73.0. The monoisotopic (exact) mass is 1990 g/mol. The number of phenolic OH excluding ortho intramolecular Hbond substituents is 2. The van der Waals surface area contributed by atoms with Crippen molar-refractivity contribution in [1.29, 1.82) is 0 Å². The summed E-state index contributed by atoms with van der Waals surface area (Å²) in [5.74, 6) is 2.36. The SMILES string of the molecule is CCC(C)(C)c1ccc(-n2c(-c3cc(C)cc(C(C)(C)C)c3O)nc3c(-c4[c-]c(-c5cc(-c6ccccc6)ccn5)cc(-c5ccccc5)c4)cccc32)c(-c2ccccc2)c1.Cc1cc(-c2nc3c(-c4[c-]c(-c5cc(-c6ccccc6)ccn5)cc(-c5ccccc5)c4)cccc3n2-c2ccc(CC(C)C)cc2-c2ccccc2)c(O)c(C(C)(C)C)c1.[Pt].[Pt]. The molecule has 14 aromatic carbocycles. The van der Waals surface area contributed by atoms with E-state index in [9.17, 15) is 10.2 Å². The number of phenols is 2. The second kappa shape index (κ2) is 36.6. The van der Waals surface area contributed by atoms with Crippen LogP contribution in [0.15, 0.2) is 340 Å². The van der Waals surface area contributed by atoms with E-state index < -0.39 is 0 Å². The quantitative estimate of drug-likeness (QED) is 0.0830. The van der Waals surface area contributed by atoms with E-state index >= 15 is 0 Å². The van der Waals surface area contributed by atoms with Crippen LogP contribution in [0.4, 0.5) is 0 Å². The number of para-hydroxylation sites is 2. The largest absolute Gasteiger partial charge is 0.507 e. The summed E-state index contributed by atoms with van der Waals surface area (Å²) < 4.78 is 4.52. The summed E-state index contributed by atoms with van der Waals surface area (Å²) in [5.41, 5.74) is 33.1. The van der Waals surface area contributed by atoms with Crippen LogP contribution in [-0.4, -0.2) is 39.3 Å². The van der Waals surface area contributed by atoms with Crippen LogP contribution in [0.1, 0.15) is 116 Å². The van der Waals surface area contributed by atoms with E-state index in [1.807, 2.05) is 36.7 Å². The molecule has 18 aromatic rings. The van der Waals surface area contributed by atoms with Crippen LogP contribution in [0.25, 0.3) is 168 Å². The van der Waals surface area contributed by atoms with Crippen LogP contribution in [0.3, 0.4) is 0 Å². The second-order valence-electron chi connectivity index (χ2n) is 35.7. The van der Waals surface area contributed by atoms with Gasteiger partial charge in [-0.2, -0.15) is 0 Å². The number of imidazole rings is 2. The van der Waals surface area contributed by atoms with Crippen LogP contribution in [0, 0.1) is 31.9 Å². The Morgan fingerprint density at radius 3 is 1.07 bits per heavy atom. The molecule has 18 rings (SSSR count). The molecule has 4 aromatic heterocycles. The molecule has 0 saturated carbocycles. The number of hydrogen-bond acceptors (Lipinski definition) is 6. The molecule has 125 heavy (non-hydrogen) atoms. The molecule has 0 atom stereocenters. The topological polar surface area (TPSA) is 102 Å². The van der Waals surface area contributed by atoms with E-state index in [0.29, 0.717) is 28.7 Å². The molecular weight excluding hydrogens is 1890 g/mol. The Morgan fingerprint density at radius 2 is 0.696 bits per heavy atom. The Bertz CT molecular complexity index is 6930. The zero-order valence-corrected chi connectivity index (χ0v) is 77.6. The molecule has 0 spiro atoms. The van der Waals surface area contributed by atoms with Crippen molar-refractivity contribution >= 4 is 22.1 Å². The number of aromatic hydroxyl groups is 2. The molecule has 0 bridgehead atoms. The molecule has 0 aliphatic carbocycles. The molecule has 0 unspecified atom stereocenters. The zero-order chi connectivity index (χ0) is 85.4. The predicted molar refractivity (Wildman–Crippen MR) is 513 cm³/mol. The summed E-state index contributed by atoms with van der Waals surface area (Å²) in [7, 11) is 0. The normalized spacial score (nSPS) is 11.6. The molecular formula is C115H102N6O2Pt2-2. The minimum absolute atomic E-state index is 0. The maximum Gasteiger partial charge on any atom is 0.148 e. The molecule has 0 saturated heterocycles. The fraction of sp³-hybridized carbons (Fsp3) is 0.165. The van der Waals surface area contributed by atoms with E-state index in [1.54, 1.807) is 0 Å². The fourth-order valence-corrected chi connectivity index (χ4v) is 17.0. The first-order valence-corrected chi connectivity index (χ1v) is 42.8. The third kappa shape index (κ3) is 18.2. The number of aryl methyl sites for hydroxylation is 2. The Hall–Kier alpha value is -12.7. The van der Waals surface area contributed by atoms with E-state index in [-0.39, 0.29) is 69.9 Å². The summed E-state index contributed by atoms with van der Waals surface area (Å²) in [4.78, 5) is 21.0. The maximum absolute atomic E-state index is 12.3. The Labute approximate surface area is 765 Å². The summed E-state index contributed by atoms with van der Waals surface area (Å²) in [6.45, 7) is 28.4. The third-order valence-corrected chi connectivity index (χ3v) is 23.8. The number of rotatable bonds is 18. The summed E-state index contributed by atoms with van der Waals surface area (Å²) in [6, 6.07) is 123. The number of fused-ring (bicyclic) bond motifs is 2. The number of benzene rings is 14. The van der Waals surface area contributed by atoms with Gasteiger partial charge in [-0.3, -0.25) is 19.1 Å². The second-order valence-corrected chi connectivity index (χ2v) is 35.7. The van der Waals surface area contributed by atoms with Gasteiger partial charge in [-0.25, -0.2) is 9.97 Å². The van der Waals surface area contributed by atoms with Crippen molar-refractivity contribution < 1.29 is 52.3 Å². The first kappa shape index (κ1) is 87.2. The first-order valence-electron chi connectivity index (χ1n) is 42.8. The molecule has 0 aliphatic heterocycles. The molecule has 2 N–H and O–H groups in total. The van der Waals surface area contributed by atoms with Crippen molar-refractivity contribution in [2.45, 2.75) is 119 Å². The standard InChI is InChI=1S/C58H52N3O.C57H50N3O.2Pt/c1-8-58(6,7)46-27-28-52(48(37-46)41-23-16-11-17-24-41)61-53-26-18-25-47(54(53)60-56(61)49-31-38(2)32-50(55(49)62)57(3,4)5)44-33-43(40-21-14-10-15-22-40)34-45(35-44)51-36-42(29-30-59-51)39-19-12-9-13-20-39;1-37(2)29-39-25-26-52(48(32-39)42-21-14-9-15-22-42)60-53-24-16-23-47(54(53)59-56(60)49-30-38(3)31-50(55(49)61)57(4,5)6)45-33-44(41-19-12-8-13-20-41)34-46(35-45)51-36-43(27-28-58-51)40-17-10-7-11-18-40;;/h9-34,36-37,62H,8H2,1-7H3;7-28,30-34,36-37,61H,29H2,1-6H3;;/q2*-1;;. The average molecular weight is 1990 g/mol. The fourth-order valence-electron chi connectivity index (χ4n) is 17.0. The van der Waals surface area contributed by atoms with Crippen LogP contribution in [-0.2, 0) is 64.8 Å². The summed E-state index contributed by atoms with van der Waals surface area (Å²) in [5, 5.41) is 24.6. The van der Waals surface area contributed by atoms with Gasteiger partial charge in [0, 0.05) is 88.2 Å². The van der Waals surface area contributed by atoms with Gasteiger partial charge < -0.3 is 10.2 Å².